The number of carbonyl (C=O) groups excluding carboxylic acids is 1. The monoisotopic (exact) mass is 444 g/mol. The Balaban J connectivity index is 1.46. The van der Waals surface area contributed by atoms with E-state index in [0.717, 1.165) is 23.5 Å². The number of rotatable bonds is 5. The van der Waals surface area contributed by atoms with Crippen LogP contribution in [0.15, 0.2) is 16.9 Å². The van der Waals surface area contributed by atoms with Crippen molar-refractivity contribution in [3.63, 3.8) is 0 Å². The Labute approximate surface area is 178 Å². The minimum Gasteiger partial charge on any atom is -0.308 e. The van der Waals surface area contributed by atoms with Crippen molar-refractivity contribution in [2.45, 2.75) is 45.1 Å². The number of nitrogens with zero attached hydrogens (tertiary/aromatic N) is 7. The van der Waals surface area contributed by atoms with E-state index in [1.165, 1.54) is 20.5 Å². The third kappa shape index (κ3) is 3.33. The van der Waals surface area contributed by atoms with E-state index in [4.69, 9.17) is 11.6 Å². The van der Waals surface area contributed by atoms with E-state index in [-0.39, 0.29) is 29.1 Å². The average Bonchev–Trinajstić information content (AvgIpc) is 3.36. The van der Waals surface area contributed by atoms with Crippen LogP contribution in [0.5, 0.6) is 0 Å². The number of nitrogens with one attached hydrogen (secondary N) is 1. The van der Waals surface area contributed by atoms with Gasteiger partial charge in [0.2, 0.25) is 11.2 Å². The zero-order valence-electron chi connectivity index (χ0n) is 16.2. The number of anilines is 1. The van der Waals surface area contributed by atoms with Gasteiger partial charge in [-0.25, -0.2) is 9.67 Å². The molecule has 0 radical (unpaired) electrons. The minimum absolute atomic E-state index is 0.0662. The molecular weight excluding hydrogens is 428 g/mol. The molecule has 0 spiro atoms. The van der Waals surface area contributed by atoms with Crippen LogP contribution >= 0.6 is 22.9 Å². The van der Waals surface area contributed by atoms with Gasteiger partial charge >= 0.3 is 0 Å². The Bertz CT molecular complexity index is 1350. The summed E-state index contributed by atoms with van der Waals surface area (Å²) in [5.41, 5.74) is 1.53. The van der Waals surface area contributed by atoms with Crippen LogP contribution in [-0.4, -0.2) is 40.5 Å². The predicted molar refractivity (Wildman–Crippen MR) is 112 cm³/mol. The van der Waals surface area contributed by atoms with Crippen LogP contribution in [-0.2, 0) is 11.3 Å². The van der Waals surface area contributed by atoms with E-state index in [1.807, 2.05) is 13.8 Å². The molecule has 1 fully saturated rings. The minimum atomic E-state index is -0.429. The van der Waals surface area contributed by atoms with E-state index >= 15 is 0 Å². The molecule has 0 unspecified atom stereocenters. The number of aromatic nitrogens is 7. The summed E-state index contributed by atoms with van der Waals surface area (Å²) in [6, 6.07) is 3.22. The van der Waals surface area contributed by atoms with Gasteiger partial charge in [0.25, 0.3) is 5.56 Å². The largest absolute Gasteiger partial charge is 0.308 e. The third-order valence-corrected chi connectivity index (χ3v) is 6.24. The van der Waals surface area contributed by atoms with E-state index in [2.05, 4.69) is 30.7 Å². The molecule has 1 amide bonds. The zero-order chi connectivity index (χ0) is 21.0. The first-order valence-corrected chi connectivity index (χ1v) is 10.7. The van der Waals surface area contributed by atoms with Gasteiger partial charge in [0.1, 0.15) is 16.8 Å². The summed E-state index contributed by atoms with van der Waals surface area (Å²) in [6.07, 6.45) is 2.21. The Hall–Kier alpha value is -2.92. The van der Waals surface area contributed by atoms with Gasteiger partial charge in [-0.15, -0.1) is 26.6 Å². The third-order valence-electron chi connectivity index (χ3n) is 4.80. The first-order valence-electron chi connectivity index (χ1n) is 9.50. The van der Waals surface area contributed by atoms with Crippen LogP contribution in [0, 0.1) is 0 Å². The summed E-state index contributed by atoms with van der Waals surface area (Å²) in [6.45, 7) is 3.75. The lowest BCUT2D eigenvalue weighted by Gasteiger charge is -2.10. The molecule has 10 nitrogen and oxygen atoms in total. The first-order chi connectivity index (χ1) is 14.4. The summed E-state index contributed by atoms with van der Waals surface area (Å²) in [4.78, 5) is 30.2. The molecule has 154 valence electrons. The van der Waals surface area contributed by atoms with Crippen LogP contribution < -0.4 is 10.9 Å². The van der Waals surface area contributed by atoms with Crippen LogP contribution in [0.3, 0.4) is 0 Å². The fourth-order valence-electron chi connectivity index (χ4n) is 3.14. The summed E-state index contributed by atoms with van der Waals surface area (Å²) in [5.74, 6) is 0.350. The molecule has 30 heavy (non-hydrogen) atoms. The van der Waals surface area contributed by atoms with E-state index in [9.17, 15) is 9.59 Å². The maximum atomic E-state index is 13.0. The summed E-state index contributed by atoms with van der Waals surface area (Å²) in [5, 5.41) is 19.9. The number of hydrogen-bond acceptors (Lipinski definition) is 8. The van der Waals surface area contributed by atoms with Gasteiger partial charge in [0.05, 0.1) is 10.7 Å². The van der Waals surface area contributed by atoms with Crippen molar-refractivity contribution < 1.29 is 4.79 Å². The molecular formula is C18H17ClN8O2S. The van der Waals surface area contributed by atoms with Gasteiger partial charge in [-0.05, 0) is 42.5 Å². The molecule has 0 aliphatic heterocycles. The number of amides is 1. The van der Waals surface area contributed by atoms with E-state index in [1.54, 1.807) is 12.1 Å². The molecule has 1 N–H and O–H groups in total. The molecule has 0 atom stereocenters. The maximum absolute atomic E-state index is 13.0. The Morgan fingerprint density at radius 3 is 2.83 bits per heavy atom. The molecule has 0 bridgehead atoms. The number of carbonyl (C=O) groups is 1. The summed E-state index contributed by atoms with van der Waals surface area (Å²) < 4.78 is 3.06. The van der Waals surface area contributed by atoms with E-state index < -0.39 is 5.91 Å². The van der Waals surface area contributed by atoms with Crippen molar-refractivity contribution in [3.8, 4) is 0 Å². The highest BCUT2D eigenvalue weighted by Crippen LogP contribution is 2.43. The van der Waals surface area contributed by atoms with Crippen molar-refractivity contribution in [1.82, 2.24) is 34.6 Å². The van der Waals surface area contributed by atoms with Crippen molar-refractivity contribution in [2.24, 2.45) is 0 Å². The highest BCUT2D eigenvalue weighted by molar-refractivity contribution is 7.18. The molecule has 12 heteroatoms. The average molecular weight is 445 g/mol. The normalized spacial score (nSPS) is 14.1. The summed E-state index contributed by atoms with van der Waals surface area (Å²) >= 11 is 7.33. The smallest absolute Gasteiger partial charge is 0.286 e. The van der Waals surface area contributed by atoms with Gasteiger partial charge < -0.3 is 5.32 Å². The topological polar surface area (TPSA) is 120 Å². The number of fused-ring (bicyclic) bond motifs is 2. The van der Waals surface area contributed by atoms with Gasteiger partial charge in [-0.2, -0.15) is 9.61 Å². The molecule has 1 saturated carbocycles. The van der Waals surface area contributed by atoms with Crippen LogP contribution in [0.4, 0.5) is 5.82 Å². The Morgan fingerprint density at radius 1 is 1.30 bits per heavy atom. The Morgan fingerprint density at radius 2 is 2.10 bits per heavy atom. The fraction of sp³-hybridized carbons (Fsp3) is 0.389. The van der Waals surface area contributed by atoms with Gasteiger partial charge in [-0.1, -0.05) is 13.8 Å². The lowest BCUT2D eigenvalue weighted by Crippen LogP contribution is -2.30. The molecule has 0 aromatic carbocycles. The summed E-state index contributed by atoms with van der Waals surface area (Å²) in [7, 11) is 0. The predicted octanol–water partition coefficient (Wildman–Crippen LogP) is 2.58. The molecule has 1 aliphatic rings. The standard InChI is InChI=1S/C18H17ClN8O2S/c1-8(2)13-14-15(30-16(21-14)9-3-4-9)17(29)26(25-13)7-12(28)20-10-5-6-11-22-23-18(19)27(11)24-10/h5-6,8-9H,3-4,7H2,1-2H3,(H,20,24,28). The van der Waals surface area contributed by atoms with Crippen molar-refractivity contribution >= 4 is 50.5 Å². The maximum Gasteiger partial charge on any atom is 0.286 e. The lowest BCUT2D eigenvalue weighted by atomic mass is 10.1. The highest BCUT2D eigenvalue weighted by atomic mass is 35.5. The molecule has 4 aromatic heterocycles. The SMILES string of the molecule is CC(C)c1nn(CC(=O)Nc2ccc3nnc(Cl)n3n2)c(=O)c2sc(C3CC3)nc12. The zero-order valence-corrected chi connectivity index (χ0v) is 17.7. The Kier molecular flexibility index (Phi) is 4.51. The molecule has 5 rings (SSSR count). The van der Waals surface area contributed by atoms with Gasteiger partial charge in [0.15, 0.2) is 11.5 Å². The van der Waals surface area contributed by atoms with Crippen LogP contribution in [0.2, 0.25) is 5.28 Å². The second-order valence-electron chi connectivity index (χ2n) is 7.51. The number of halogens is 1. The molecule has 1 aliphatic carbocycles. The second kappa shape index (κ2) is 7.10. The van der Waals surface area contributed by atoms with Crippen molar-refractivity contribution in [2.75, 3.05) is 5.32 Å². The number of hydrogen-bond donors (Lipinski definition) is 1. The van der Waals surface area contributed by atoms with E-state index in [0.29, 0.717) is 21.8 Å². The van der Waals surface area contributed by atoms with Gasteiger partial charge in [-0.3, -0.25) is 9.59 Å². The van der Waals surface area contributed by atoms with Gasteiger partial charge in [0, 0.05) is 5.92 Å². The van der Waals surface area contributed by atoms with Crippen molar-refractivity contribution in [1.29, 1.82) is 0 Å². The quantitative estimate of drug-likeness (QED) is 0.502. The van der Waals surface area contributed by atoms with Crippen molar-refractivity contribution in [3.05, 3.63) is 38.5 Å². The highest BCUT2D eigenvalue weighted by Gasteiger charge is 2.29. The second-order valence-corrected chi connectivity index (χ2v) is 8.88. The fourth-order valence-corrected chi connectivity index (χ4v) is 4.49. The lowest BCUT2D eigenvalue weighted by molar-refractivity contribution is -0.117. The first kappa shape index (κ1) is 19.1. The van der Waals surface area contributed by atoms with Crippen LogP contribution in [0.25, 0.3) is 15.9 Å². The number of thiazole rings is 1. The molecule has 4 heterocycles. The molecule has 0 saturated heterocycles. The van der Waals surface area contributed by atoms with Crippen LogP contribution in [0.1, 0.15) is 49.2 Å². The molecule has 4 aromatic rings.